The Balaban J connectivity index is 2.29. The fourth-order valence-corrected chi connectivity index (χ4v) is 3.81. The lowest BCUT2D eigenvalue weighted by molar-refractivity contribution is -0.116. The predicted molar refractivity (Wildman–Crippen MR) is 134 cm³/mol. The maximum absolute atomic E-state index is 13.4. The zero-order valence-electron chi connectivity index (χ0n) is 20.6. The maximum atomic E-state index is 13.4. The quantitative estimate of drug-likeness (QED) is 0.447. The normalized spacial score (nSPS) is 10.8. The Morgan fingerprint density at radius 2 is 1.78 bits per heavy atom. The van der Waals surface area contributed by atoms with E-state index in [1.807, 2.05) is 73.3 Å². The van der Waals surface area contributed by atoms with Crippen LogP contribution in [0.2, 0.25) is 0 Å². The van der Waals surface area contributed by atoms with E-state index in [0.717, 1.165) is 41.8 Å². The van der Waals surface area contributed by atoms with Crippen molar-refractivity contribution in [1.82, 2.24) is 4.90 Å². The third-order valence-corrected chi connectivity index (χ3v) is 5.35. The molecule has 174 valence electrons. The van der Waals surface area contributed by atoms with Gasteiger partial charge in [0.1, 0.15) is 0 Å². The summed E-state index contributed by atoms with van der Waals surface area (Å²) >= 11 is 0. The molecule has 0 radical (unpaired) electrons. The molecule has 32 heavy (non-hydrogen) atoms. The summed E-state index contributed by atoms with van der Waals surface area (Å²) in [7, 11) is 3.99. The Morgan fingerprint density at radius 3 is 2.41 bits per heavy atom. The van der Waals surface area contributed by atoms with Gasteiger partial charge in [0.15, 0.2) is 0 Å². The maximum Gasteiger partial charge on any atom is 0.254 e. The van der Waals surface area contributed by atoms with E-state index in [0.29, 0.717) is 31.0 Å². The first-order valence-corrected chi connectivity index (χ1v) is 11.7. The number of carbonyl (C=O) groups is 2. The number of aryl methyl sites for hydroxylation is 1. The summed E-state index contributed by atoms with van der Waals surface area (Å²) in [6, 6.07) is 13.7. The smallest absolute Gasteiger partial charge is 0.254 e. The molecular formula is C27H39N3O2. The van der Waals surface area contributed by atoms with E-state index in [2.05, 4.69) is 26.1 Å². The van der Waals surface area contributed by atoms with E-state index in [1.165, 1.54) is 0 Å². The van der Waals surface area contributed by atoms with Crippen LogP contribution >= 0.6 is 0 Å². The minimum absolute atomic E-state index is 0.0288. The van der Waals surface area contributed by atoms with Crippen LogP contribution in [0.15, 0.2) is 42.5 Å². The lowest BCUT2D eigenvalue weighted by atomic mass is 10.1. The Labute approximate surface area is 193 Å². The number of rotatable bonds is 11. The van der Waals surface area contributed by atoms with Crippen molar-refractivity contribution in [2.75, 3.05) is 30.9 Å². The Bertz CT molecular complexity index is 906. The van der Waals surface area contributed by atoms with E-state index in [-0.39, 0.29) is 11.8 Å². The van der Waals surface area contributed by atoms with Gasteiger partial charge in [0.25, 0.3) is 5.91 Å². The van der Waals surface area contributed by atoms with Crippen molar-refractivity contribution in [1.29, 1.82) is 0 Å². The fourth-order valence-electron chi connectivity index (χ4n) is 3.81. The van der Waals surface area contributed by atoms with Crippen LogP contribution in [0.3, 0.4) is 0 Å². The molecule has 2 aromatic rings. The second kappa shape index (κ2) is 12.3. The van der Waals surface area contributed by atoms with Gasteiger partial charge in [-0.05, 0) is 55.2 Å². The number of unbranched alkanes of at least 4 members (excludes halogenated alkanes) is 2. The van der Waals surface area contributed by atoms with Crippen LogP contribution in [-0.2, 0) is 11.3 Å². The van der Waals surface area contributed by atoms with E-state index in [1.54, 1.807) is 0 Å². The van der Waals surface area contributed by atoms with Gasteiger partial charge in [-0.2, -0.15) is 0 Å². The minimum atomic E-state index is 0.0288. The lowest BCUT2D eigenvalue weighted by Crippen LogP contribution is -2.34. The largest absolute Gasteiger partial charge is 0.377 e. The van der Waals surface area contributed by atoms with Crippen molar-refractivity contribution < 1.29 is 9.59 Å². The first-order valence-electron chi connectivity index (χ1n) is 11.7. The number of anilines is 2. The van der Waals surface area contributed by atoms with Gasteiger partial charge in [-0.25, -0.2) is 0 Å². The number of nitrogens with zero attached hydrogens (tertiary/aromatic N) is 2. The van der Waals surface area contributed by atoms with Crippen LogP contribution in [0, 0.1) is 12.8 Å². The van der Waals surface area contributed by atoms with Crippen molar-refractivity contribution in [3.8, 4) is 0 Å². The van der Waals surface area contributed by atoms with Crippen molar-refractivity contribution >= 4 is 23.2 Å². The van der Waals surface area contributed by atoms with Gasteiger partial charge in [0, 0.05) is 50.5 Å². The summed E-state index contributed by atoms with van der Waals surface area (Å²) in [6.07, 6.45) is 3.58. The van der Waals surface area contributed by atoms with Gasteiger partial charge >= 0.3 is 0 Å². The van der Waals surface area contributed by atoms with Gasteiger partial charge < -0.3 is 15.1 Å². The second-order valence-corrected chi connectivity index (χ2v) is 9.19. The fraction of sp³-hybridized carbons (Fsp3) is 0.481. The molecule has 5 heteroatoms. The van der Waals surface area contributed by atoms with E-state index in [4.69, 9.17) is 0 Å². The molecule has 0 fully saturated rings. The minimum Gasteiger partial charge on any atom is -0.377 e. The SMILES string of the molecule is CCCCCC(=O)Nc1ccc(N(C)C)c(CN(CC(C)C)C(=O)c2cccc(C)c2)c1. The molecule has 0 aromatic heterocycles. The van der Waals surface area contributed by atoms with E-state index >= 15 is 0 Å². The molecule has 0 heterocycles. The number of amides is 2. The van der Waals surface area contributed by atoms with Gasteiger partial charge in [0.2, 0.25) is 5.91 Å². The average molecular weight is 438 g/mol. The molecule has 0 bridgehead atoms. The highest BCUT2D eigenvalue weighted by Gasteiger charge is 2.20. The molecule has 2 aromatic carbocycles. The molecule has 5 nitrogen and oxygen atoms in total. The Kier molecular flexibility index (Phi) is 9.76. The summed E-state index contributed by atoms with van der Waals surface area (Å²) in [5.41, 5.74) is 4.61. The van der Waals surface area contributed by atoms with E-state index < -0.39 is 0 Å². The Morgan fingerprint density at radius 1 is 1.03 bits per heavy atom. The second-order valence-electron chi connectivity index (χ2n) is 9.19. The van der Waals surface area contributed by atoms with Crippen LogP contribution in [0.5, 0.6) is 0 Å². The zero-order valence-corrected chi connectivity index (χ0v) is 20.6. The molecule has 0 atom stereocenters. The molecule has 0 aliphatic heterocycles. The van der Waals surface area contributed by atoms with Crippen LogP contribution in [0.4, 0.5) is 11.4 Å². The first-order chi connectivity index (χ1) is 15.2. The summed E-state index contributed by atoms with van der Waals surface area (Å²) in [5, 5.41) is 3.03. The molecule has 0 saturated heterocycles. The van der Waals surface area contributed by atoms with Crippen LogP contribution in [0.25, 0.3) is 0 Å². The third kappa shape index (κ3) is 7.70. The molecule has 2 amide bonds. The highest BCUT2D eigenvalue weighted by molar-refractivity contribution is 5.94. The van der Waals surface area contributed by atoms with Gasteiger partial charge in [-0.1, -0.05) is 51.3 Å². The first kappa shape index (κ1) is 25.4. The standard InChI is InChI=1S/C27H39N3O2/c1-7-8-9-13-26(31)28-24-14-15-25(29(5)6)23(17-24)19-30(18-20(2)3)27(32)22-12-10-11-21(4)16-22/h10-12,14-17,20H,7-9,13,18-19H2,1-6H3,(H,28,31). The highest BCUT2D eigenvalue weighted by atomic mass is 16.2. The van der Waals surface area contributed by atoms with Crippen LogP contribution in [0.1, 0.15) is 67.9 Å². The lowest BCUT2D eigenvalue weighted by Gasteiger charge is -2.28. The van der Waals surface area contributed by atoms with Gasteiger partial charge in [0.05, 0.1) is 0 Å². The topological polar surface area (TPSA) is 52.7 Å². The molecular weight excluding hydrogens is 398 g/mol. The number of hydrogen-bond acceptors (Lipinski definition) is 3. The van der Waals surface area contributed by atoms with Crippen molar-refractivity contribution in [3.63, 3.8) is 0 Å². The van der Waals surface area contributed by atoms with Crippen LogP contribution in [-0.4, -0.2) is 37.4 Å². The molecule has 0 saturated carbocycles. The predicted octanol–water partition coefficient (Wildman–Crippen LogP) is 5.88. The van der Waals surface area contributed by atoms with Gasteiger partial charge in [-0.15, -0.1) is 0 Å². The summed E-state index contributed by atoms with van der Waals surface area (Å²) in [4.78, 5) is 29.7. The van der Waals surface area contributed by atoms with Crippen molar-refractivity contribution in [2.24, 2.45) is 5.92 Å². The average Bonchev–Trinajstić information content (AvgIpc) is 2.72. The number of benzene rings is 2. The number of nitrogens with one attached hydrogen (secondary N) is 1. The zero-order chi connectivity index (χ0) is 23.7. The number of carbonyl (C=O) groups excluding carboxylic acids is 2. The molecule has 0 aliphatic carbocycles. The number of hydrogen-bond donors (Lipinski definition) is 1. The molecule has 0 unspecified atom stereocenters. The summed E-state index contributed by atoms with van der Waals surface area (Å²) in [6.45, 7) is 9.52. The molecule has 0 spiro atoms. The third-order valence-electron chi connectivity index (χ3n) is 5.35. The highest BCUT2D eigenvalue weighted by Crippen LogP contribution is 2.26. The van der Waals surface area contributed by atoms with Crippen molar-refractivity contribution in [3.05, 3.63) is 59.2 Å². The van der Waals surface area contributed by atoms with Gasteiger partial charge in [-0.3, -0.25) is 9.59 Å². The summed E-state index contributed by atoms with van der Waals surface area (Å²) < 4.78 is 0. The monoisotopic (exact) mass is 437 g/mol. The summed E-state index contributed by atoms with van der Waals surface area (Å²) in [5.74, 6) is 0.408. The molecule has 2 rings (SSSR count). The van der Waals surface area contributed by atoms with Crippen LogP contribution < -0.4 is 10.2 Å². The van der Waals surface area contributed by atoms with E-state index in [9.17, 15) is 9.59 Å². The van der Waals surface area contributed by atoms with Crippen molar-refractivity contribution in [2.45, 2.75) is 59.9 Å². The Hall–Kier alpha value is -2.82. The molecule has 0 aliphatic rings. The molecule has 1 N–H and O–H groups in total.